The van der Waals surface area contributed by atoms with Crippen LogP contribution in [-0.4, -0.2) is 12.1 Å². The number of primary amides is 1. The number of carbonyl (C=O) groups excluding carboxylic acids is 1. The van der Waals surface area contributed by atoms with Crippen LogP contribution in [0, 0.1) is 5.82 Å². The maximum absolute atomic E-state index is 12.9. The molecule has 84 valence electrons. The predicted octanol–water partition coefficient (Wildman–Crippen LogP) is 0.777. The van der Waals surface area contributed by atoms with Crippen LogP contribution in [0.2, 0.25) is 0 Å². The fourth-order valence-electron chi connectivity index (χ4n) is 1.09. The van der Waals surface area contributed by atoms with Crippen molar-refractivity contribution in [2.45, 2.75) is 0 Å². The predicted molar refractivity (Wildman–Crippen MR) is 60.3 cm³/mol. The second-order valence-electron chi connectivity index (χ2n) is 2.87. The summed E-state index contributed by atoms with van der Waals surface area (Å²) in [6, 6.07) is 3.47. The number of hydrogen-bond donors (Lipinski definition) is 2. The molecule has 5 nitrogen and oxygen atoms in total. The Bertz CT molecular complexity index is 444. The first kappa shape index (κ1) is 11.9. The molecule has 0 aliphatic carbocycles. The van der Waals surface area contributed by atoms with E-state index in [-0.39, 0.29) is 11.3 Å². The fraction of sp³-hybridized carbons (Fsp3) is 0. The number of nitrogens with zero attached hydrogens (tertiary/aromatic N) is 2. The van der Waals surface area contributed by atoms with Crippen LogP contribution in [0.15, 0.2) is 36.0 Å². The van der Waals surface area contributed by atoms with E-state index in [2.05, 4.69) is 11.7 Å². The Balaban J connectivity index is 3.16. The highest BCUT2D eigenvalue weighted by Crippen LogP contribution is 2.19. The van der Waals surface area contributed by atoms with Crippen LogP contribution in [0.25, 0.3) is 0 Å². The van der Waals surface area contributed by atoms with Gasteiger partial charge in [0.15, 0.2) is 0 Å². The molecule has 6 heteroatoms. The first-order chi connectivity index (χ1) is 7.56. The molecule has 0 bridgehead atoms. The second-order valence-corrected chi connectivity index (χ2v) is 2.87. The van der Waals surface area contributed by atoms with Crippen LogP contribution in [0.1, 0.15) is 10.4 Å². The largest absolute Gasteiger partial charge is 0.366 e. The molecule has 0 spiro atoms. The topological polar surface area (TPSA) is 84.7 Å². The zero-order chi connectivity index (χ0) is 12.1. The molecule has 0 saturated heterocycles. The number of benzene rings is 1. The number of halogens is 1. The van der Waals surface area contributed by atoms with Crippen molar-refractivity contribution in [2.75, 3.05) is 5.12 Å². The molecule has 1 rings (SSSR count). The lowest BCUT2D eigenvalue weighted by molar-refractivity contribution is 0.100. The van der Waals surface area contributed by atoms with Gasteiger partial charge in [-0.3, -0.25) is 4.79 Å². The summed E-state index contributed by atoms with van der Waals surface area (Å²) in [4.78, 5) is 11.1. The van der Waals surface area contributed by atoms with Gasteiger partial charge < -0.3 is 5.73 Å². The SMILES string of the molecule is C=C/C=N\N(N)c1ccc(F)cc1C(N)=O. The number of nitrogens with two attached hydrogens (primary N) is 2. The van der Waals surface area contributed by atoms with Gasteiger partial charge in [-0.2, -0.15) is 10.2 Å². The molecule has 4 N–H and O–H groups in total. The van der Waals surface area contributed by atoms with Crippen LogP contribution in [0.4, 0.5) is 10.1 Å². The van der Waals surface area contributed by atoms with Crippen molar-refractivity contribution in [3.63, 3.8) is 0 Å². The number of amides is 1. The molecule has 0 atom stereocenters. The Morgan fingerprint density at radius 2 is 2.25 bits per heavy atom. The molecule has 0 fully saturated rings. The van der Waals surface area contributed by atoms with Gasteiger partial charge in [-0.05, 0) is 24.3 Å². The van der Waals surface area contributed by atoms with Crippen molar-refractivity contribution >= 4 is 17.8 Å². The molecular weight excluding hydrogens is 211 g/mol. The smallest absolute Gasteiger partial charge is 0.251 e. The lowest BCUT2D eigenvalue weighted by Crippen LogP contribution is -2.27. The van der Waals surface area contributed by atoms with Gasteiger partial charge in [0.1, 0.15) is 5.82 Å². The molecule has 0 unspecified atom stereocenters. The van der Waals surface area contributed by atoms with E-state index >= 15 is 0 Å². The first-order valence-corrected chi connectivity index (χ1v) is 4.35. The zero-order valence-corrected chi connectivity index (χ0v) is 8.43. The number of rotatable bonds is 4. The summed E-state index contributed by atoms with van der Waals surface area (Å²) in [5, 5.41) is 4.64. The quantitative estimate of drug-likeness (QED) is 0.448. The van der Waals surface area contributed by atoms with E-state index < -0.39 is 11.7 Å². The van der Waals surface area contributed by atoms with Crippen molar-refractivity contribution in [1.82, 2.24) is 0 Å². The van der Waals surface area contributed by atoms with Gasteiger partial charge in [-0.1, -0.05) is 6.58 Å². The van der Waals surface area contributed by atoms with Gasteiger partial charge in [0.25, 0.3) is 5.91 Å². The Hall–Kier alpha value is -2.21. The Kier molecular flexibility index (Phi) is 3.73. The number of hydrazone groups is 1. The average Bonchev–Trinajstić information content (AvgIpc) is 2.25. The standard InChI is InChI=1S/C10H11FN4O/c1-2-5-14-15(13)9-4-3-7(11)6-8(9)10(12)16/h2-6H,1,13H2,(H2,12,16)/b14-5-. The lowest BCUT2D eigenvalue weighted by atomic mass is 10.1. The highest BCUT2D eigenvalue weighted by atomic mass is 19.1. The van der Waals surface area contributed by atoms with E-state index in [9.17, 15) is 9.18 Å². The zero-order valence-electron chi connectivity index (χ0n) is 8.43. The van der Waals surface area contributed by atoms with Gasteiger partial charge >= 0.3 is 0 Å². The minimum atomic E-state index is -0.779. The van der Waals surface area contributed by atoms with Crippen LogP contribution < -0.4 is 16.7 Å². The molecular formula is C10H11FN4O. The minimum absolute atomic E-state index is 0.0382. The summed E-state index contributed by atoms with van der Waals surface area (Å²) in [5.41, 5.74) is 5.27. The Morgan fingerprint density at radius 3 is 2.81 bits per heavy atom. The minimum Gasteiger partial charge on any atom is -0.366 e. The average molecular weight is 222 g/mol. The van der Waals surface area contributed by atoms with Crippen molar-refractivity contribution < 1.29 is 9.18 Å². The van der Waals surface area contributed by atoms with Gasteiger partial charge in [0.05, 0.1) is 11.3 Å². The van der Waals surface area contributed by atoms with E-state index in [4.69, 9.17) is 11.6 Å². The molecule has 0 aliphatic heterocycles. The number of allylic oxidation sites excluding steroid dienone is 1. The van der Waals surface area contributed by atoms with Gasteiger partial charge in [-0.15, -0.1) is 0 Å². The third-order valence-corrected chi connectivity index (χ3v) is 1.77. The maximum atomic E-state index is 12.9. The van der Waals surface area contributed by atoms with Crippen LogP contribution in [-0.2, 0) is 0 Å². The number of carbonyl (C=O) groups is 1. The molecule has 0 heterocycles. The van der Waals surface area contributed by atoms with E-state index in [1.165, 1.54) is 18.4 Å². The summed E-state index contributed by atoms with van der Waals surface area (Å²) in [5.74, 6) is 4.18. The third kappa shape index (κ3) is 2.64. The van der Waals surface area contributed by atoms with Crippen LogP contribution in [0.5, 0.6) is 0 Å². The fourth-order valence-corrected chi connectivity index (χ4v) is 1.09. The summed E-state index contributed by atoms with van der Waals surface area (Å²) >= 11 is 0. The molecule has 0 aromatic heterocycles. The lowest BCUT2D eigenvalue weighted by Gasteiger charge is -2.14. The molecule has 16 heavy (non-hydrogen) atoms. The molecule has 0 radical (unpaired) electrons. The van der Waals surface area contributed by atoms with Crippen LogP contribution in [0.3, 0.4) is 0 Å². The van der Waals surface area contributed by atoms with Gasteiger partial charge in [0.2, 0.25) is 0 Å². The summed E-state index contributed by atoms with van der Waals surface area (Å²) in [7, 11) is 0. The van der Waals surface area contributed by atoms with Crippen molar-refractivity contribution in [2.24, 2.45) is 16.7 Å². The molecule has 1 amide bonds. The molecule has 0 aliphatic rings. The van der Waals surface area contributed by atoms with Crippen molar-refractivity contribution in [3.8, 4) is 0 Å². The summed E-state index contributed by atoms with van der Waals surface area (Å²) < 4.78 is 12.9. The third-order valence-electron chi connectivity index (χ3n) is 1.77. The normalized spacial score (nSPS) is 10.4. The Morgan fingerprint density at radius 1 is 1.56 bits per heavy atom. The number of hydrazine groups is 1. The second kappa shape index (κ2) is 5.04. The number of hydrogen-bond acceptors (Lipinski definition) is 4. The highest BCUT2D eigenvalue weighted by Gasteiger charge is 2.12. The van der Waals surface area contributed by atoms with Crippen molar-refractivity contribution in [3.05, 3.63) is 42.2 Å². The molecule has 1 aromatic rings. The summed E-state index contributed by atoms with van der Waals surface area (Å²) in [6.45, 7) is 3.41. The van der Waals surface area contributed by atoms with E-state index in [0.717, 1.165) is 17.3 Å². The first-order valence-electron chi connectivity index (χ1n) is 4.35. The van der Waals surface area contributed by atoms with Gasteiger partial charge in [-0.25, -0.2) is 10.2 Å². The highest BCUT2D eigenvalue weighted by molar-refractivity contribution is 5.98. The molecule has 1 aromatic carbocycles. The summed E-state index contributed by atoms with van der Waals surface area (Å²) in [6.07, 6.45) is 2.74. The van der Waals surface area contributed by atoms with E-state index in [1.54, 1.807) is 0 Å². The maximum Gasteiger partial charge on any atom is 0.251 e. The van der Waals surface area contributed by atoms with Gasteiger partial charge in [0, 0.05) is 6.21 Å². The molecule has 0 saturated carbocycles. The van der Waals surface area contributed by atoms with E-state index in [1.807, 2.05) is 0 Å². The van der Waals surface area contributed by atoms with E-state index in [0.29, 0.717) is 0 Å². The van der Waals surface area contributed by atoms with Crippen molar-refractivity contribution in [1.29, 1.82) is 0 Å². The Labute approximate surface area is 91.8 Å². The monoisotopic (exact) mass is 222 g/mol. The van der Waals surface area contributed by atoms with Crippen LogP contribution >= 0.6 is 0 Å². The number of anilines is 1.